The monoisotopic (exact) mass is 1230 g/mol. The molecule has 18 heteroatoms. The number of hydrogen-bond donors (Lipinski definition) is 0. The van der Waals surface area contributed by atoms with Crippen LogP contribution in [0, 0.1) is 11.8 Å². The van der Waals surface area contributed by atoms with Crippen LogP contribution in [0.1, 0.15) is 153 Å². The first kappa shape index (κ1) is 130. The quantitative estimate of drug-likeness (QED) is 0.0805. The number of allylic oxidation sites excluding steroid dienone is 2. The fourth-order valence-corrected chi connectivity index (χ4v) is 4.53. The van der Waals surface area contributed by atoms with Gasteiger partial charge in [0.15, 0.2) is 11.6 Å². The first-order valence-corrected chi connectivity index (χ1v) is 27.5. The van der Waals surface area contributed by atoms with Crippen LogP contribution >= 0.6 is 0 Å². The maximum atomic E-state index is 11.6. The smallest absolute Gasteiger partial charge is 0.187 e. The van der Waals surface area contributed by atoms with Gasteiger partial charge in [0, 0.05) is 67.0 Å². The molecule has 3 aliphatic carbocycles. The molecule has 0 aromatic rings. The standard InChI is InChI=1S/C10H18O4.2C10H14O4.4C3H9N.2C3H8N.6C2H6.6CH4/c3*1-13-5-3-7-9(11)8(10(7)12)4-6-14-2;6*1-4(2)3;6*1-2;;;;;;/h7-10H,3-6H2,1-2H3;2*3,11H,4-6H2,1-2H3;4*1-3H3;2*1H2,2-3H3;6*1-2H3;6*1H4/q-2;;;;;;;2*+1;;;;;;;;;;;;/p-2. The Hall–Kier alpha value is -3.24. The maximum absolute atomic E-state index is 11.6. The summed E-state index contributed by atoms with van der Waals surface area (Å²) in [6, 6.07) is 0. The van der Waals surface area contributed by atoms with Gasteiger partial charge in [0.1, 0.15) is 41.6 Å². The number of rotatable bonds is 16. The summed E-state index contributed by atoms with van der Waals surface area (Å²) in [5, 5.41) is 45.8. The van der Waals surface area contributed by atoms with E-state index in [1.807, 2.05) is 215 Å². The van der Waals surface area contributed by atoms with Crippen molar-refractivity contribution in [2.75, 3.05) is 195 Å². The molecule has 84 heavy (non-hydrogen) atoms. The third kappa shape index (κ3) is 101. The fourth-order valence-electron chi connectivity index (χ4n) is 4.53. The Kier molecular flexibility index (Phi) is 162. The van der Waals surface area contributed by atoms with Crippen molar-refractivity contribution < 1.29 is 67.6 Å². The van der Waals surface area contributed by atoms with E-state index >= 15 is 0 Å². The third-order valence-electron chi connectivity index (χ3n) is 7.09. The van der Waals surface area contributed by atoms with Gasteiger partial charge in [0.05, 0.1) is 26.4 Å². The Balaban J connectivity index is -0.0000000370. The normalized spacial score (nSPS) is 15.2. The molecule has 3 aliphatic rings. The van der Waals surface area contributed by atoms with Crippen LogP contribution in [0.25, 0.3) is 0 Å². The van der Waals surface area contributed by atoms with E-state index in [-0.39, 0.29) is 90.6 Å². The molecule has 0 heterocycles. The summed E-state index contributed by atoms with van der Waals surface area (Å²) in [4.78, 5) is 30.7. The van der Waals surface area contributed by atoms with Gasteiger partial charge in [-0.05, 0) is 134 Å². The molecule has 0 unspecified atom stereocenters. The maximum Gasteiger partial charge on any atom is 0.187 e. The van der Waals surface area contributed by atoms with Crippen LogP contribution in [-0.4, -0.2) is 261 Å². The van der Waals surface area contributed by atoms with Crippen LogP contribution < -0.4 is 20.4 Å². The van der Waals surface area contributed by atoms with Crippen molar-refractivity contribution in [1.82, 2.24) is 19.6 Å². The van der Waals surface area contributed by atoms with Crippen LogP contribution in [0.15, 0.2) is 46.0 Å². The zero-order valence-corrected chi connectivity index (χ0v) is 57.5. The number of carbonyl (C=O) groups is 2. The molecule has 0 spiro atoms. The second-order valence-electron chi connectivity index (χ2n) is 17.3. The lowest BCUT2D eigenvalue weighted by Crippen LogP contribution is -2.67. The van der Waals surface area contributed by atoms with Gasteiger partial charge in [-0.15, -0.1) is 12.2 Å². The van der Waals surface area contributed by atoms with E-state index in [1.165, 1.54) is 40.6 Å². The zero-order chi connectivity index (χ0) is 65.1. The molecule has 18 nitrogen and oxygen atoms in total. The summed E-state index contributed by atoms with van der Waals surface area (Å²) < 4.78 is 32.3. The molecule has 0 saturated heterocycles. The molecule has 0 aromatic heterocycles. The summed E-state index contributed by atoms with van der Waals surface area (Å²) in [5.41, 5.74) is 1.18. The summed E-state index contributed by atoms with van der Waals surface area (Å²) in [6.45, 7) is 33.4. The average molecular weight is 1230 g/mol. The topological polar surface area (TPSA) is 201 Å². The van der Waals surface area contributed by atoms with Gasteiger partial charge >= 0.3 is 0 Å². The molecule has 0 N–H and O–H groups in total. The third-order valence-corrected chi connectivity index (χ3v) is 7.09. The van der Waals surface area contributed by atoms with Gasteiger partial charge in [0.2, 0.25) is 0 Å². The van der Waals surface area contributed by atoms with E-state index in [0.29, 0.717) is 76.5 Å². The van der Waals surface area contributed by atoms with E-state index in [9.17, 15) is 30.0 Å². The van der Waals surface area contributed by atoms with Crippen molar-refractivity contribution in [2.24, 2.45) is 11.8 Å². The summed E-state index contributed by atoms with van der Waals surface area (Å²) in [7, 11) is 40.8. The Morgan fingerprint density at radius 1 is 0.405 bits per heavy atom. The van der Waals surface area contributed by atoms with Crippen molar-refractivity contribution in [3.63, 3.8) is 0 Å². The first-order valence-electron chi connectivity index (χ1n) is 27.5. The van der Waals surface area contributed by atoms with E-state index in [1.54, 1.807) is 23.4 Å². The van der Waals surface area contributed by atoms with Gasteiger partial charge in [-0.25, -0.2) is 9.15 Å². The lowest BCUT2D eigenvalue weighted by molar-refractivity contribution is -0.563. The number of ether oxygens (including phenoxy) is 6. The molecule has 0 radical (unpaired) electrons. The van der Waals surface area contributed by atoms with Gasteiger partial charge in [0.25, 0.3) is 0 Å². The van der Waals surface area contributed by atoms with E-state index in [2.05, 4.69) is 13.4 Å². The van der Waals surface area contributed by atoms with Crippen LogP contribution in [0.3, 0.4) is 0 Å². The lowest BCUT2D eigenvalue weighted by atomic mass is 9.66. The van der Waals surface area contributed by atoms with Crippen LogP contribution in [0.5, 0.6) is 0 Å². The van der Waals surface area contributed by atoms with Crippen molar-refractivity contribution in [2.45, 2.75) is 166 Å². The highest BCUT2D eigenvalue weighted by Gasteiger charge is 2.35. The lowest BCUT2D eigenvalue weighted by Gasteiger charge is -2.61. The van der Waals surface area contributed by atoms with Crippen molar-refractivity contribution in [3.8, 4) is 0 Å². The van der Waals surface area contributed by atoms with Crippen molar-refractivity contribution in [3.05, 3.63) is 46.0 Å². The second-order valence-corrected chi connectivity index (χ2v) is 17.3. The Morgan fingerprint density at radius 2 is 0.571 bits per heavy atom. The Labute approximate surface area is 528 Å². The molecule has 0 aromatic carbocycles. The first-order chi connectivity index (χ1) is 36.5. The predicted octanol–water partition coefficient (Wildman–Crippen LogP) is 8.95. The van der Waals surface area contributed by atoms with Crippen molar-refractivity contribution in [1.29, 1.82) is 0 Å². The Bertz CT molecular complexity index is 1250. The van der Waals surface area contributed by atoms with Crippen LogP contribution in [0.4, 0.5) is 0 Å². The number of Topliss-reactive ketones (excluding diaryl/α,β-unsaturated/α-hetero) is 2. The average Bonchev–Trinajstić information content (AvgIpc) is 3.38. The predicted molar refractivity (Wildman–Crippen MR) is 370 cm³/mol. The highest BCUT2D eigenvalue weighted by atomic mass is 16.5. The fraction of sp³-hybridized carbons (Fsp3) is 0.818. The van der Waals surface area contributed by atoms with Crippen molar-refractivity contribution >= 4 is 25.0 Å². The summed E-state index contributed by atoms with van der Waals surface area (Å²) >= 11 is 0. The number of carbonyl (C=O) groups excluding carboxylic acids is 2. The minimum absolute atomic E-state index is 0. The zero-order valence-electron chi connectivity index (χ0n) is 57.5. The molecule has 1 fully saturated rings. The molecule has 0 aliphatic heterocycles. The highest BCUT2D eigenvalue weighted by molar-refractivity contribution is 6.19. The van der Waals surface area contributed by atoms with Crippen LogP contribution in [-0.2, 0) is 38.0 Å². The number of methoxy groups -OCH3 is 6. The molecule has 1 saturated carbocycles. The van der Waals surface area contributed by atoms with E-state index in [4.69, 9.17) is 28.4 Å². The molecular formula is C66H156N6O12-2. The minimum atomic E-state index is -0.706. The molecule has 0 amide bonds. The summed E-state index contributed by atoms with van der Waals surface area (Å²) in [6.07, 6.45) is 3.62. The van der Waals surface area contributed by atoms with Crippen LogP contribution in [0.2, 0.25) is 0 Å². The molecule has 0 atom stereocenters. The SMILES string of the molecule is C.C.C.C.C.C.C=[N+](C)C.C=[N+](C)C.CC.CC.CC.CC.CC.CC.CN(C)C.CN(C)C.CN(C)C.CN(C)C.COCC=C1C(=O)C(CCOC)=C1[O-].COCC=C1C(=O)C(CCOC)=C1[O-].COCCC1C([O-])C(CCOC)C1[O-]. The highest BCUT2D eigenvalue weighted by Crippen LogP contribution is 2.35. The van der Waals surface area contributed by atoms with Gasteiger partial charge in [-0.2, -0.15) is 0 Å². The molecule has 0 bridgehead atoms. The number of nitrogens with zero attached hydrogens (tertiary/aromatic N) is 6. The molecule has 524 valence electrons. The second kappa shape index (κ2) is 105. The van der Waals surface area contributed by atoms with E-state index < -0.39 is 12.2 Å². The van der Waals surface area contributed by atoms with Gasteiger partial charge in [-0.3, -0.25) is 9.59 Å². The molecular weight excluding hydrogens is 1070 g/mol. The number of hydrogen-bond acceptors (Lipinski definition) is 16. The van der Waals surface area contributed by atoms with Gasteiger partial charge < -0.3 is 68.4 Å². The Morgan fingerprint density at radius 3 is 0.702 bits per heavy atom. The minimum Gasteiger partial charge on any atom is -0.872 e. The summed E-state index contributed by atoms with van der Waals surface area (Å²) in [5.74, 6) is -1.13. The largest absolute Gasteiger partial charge is 0.872 e. The molecule has 3 rings (SSSR count). The van der Waals surface area contributed by atoms with E-state index in [0.717, 1.165) is 0 Å². The number of ketones is 2. The van der Waals surface area contributed by atoms with Gasteiger partial charge in [-0.1, -0.05) is 151 Å².